The zero-order valence-electron chi connectivity index (χ0n) is 13.2. The highest BCUT2D eigenvalue weighted by atomic mass is 15.2. The third-order valence-electron chi connectivity index (χ3n) is 3.28. The number of rotatable bonds is 7. The molecule has 0 aliphatic rings. The molecule has 0 spiro atoms. The van der Waals surface area contributed by atoms with Crippen LogP contribution in [0, 0.1) is 6.92 Å². The smallest absolute Gasteiger partial charge is 0.191 e. The highest BCUT2D eigenvalue weighted by Gasteiger charge is 2.06. The molecule has 0 aromatic heterocycles. The van der Waals surface area contributed by atoms with Gasteiger partial charge in [-0.15, -0.1) is 0 Å². The number of hydrogen-bond donors (Lipinski definition) is 2. The Bertz CT molecular complexity index is 415. The van der Waals surface area contributed by atoms with E-state index >= 15 is 0 Å². The zero-order chi connectivity index (χ0) is 14.8. The van der Waals surface area contributed by atoms with Crippen molar-refractivity contribution in [3.63, 3.8) is 0 Å². The maximum absolute atomic E-state index is 4.21. The summed E-state index contributed by atoms with van der Waals surface area (Å²) in [4.78, 5) is 6.60. The Morgan fingerprint density at radius 3 is 2.45 bits per heavy atom. The van der Waals surface area contributed by atoms with Crippen LogP contribution in [-0.4, -0.2) is 39.2 Å². The summed E-state index contributed by atoms with van der Waals surface area (Å²) < 4.78 is 0. The van der Waals surface area contributed by atoms with Crippen molar-refractivity contribution in [2.45, 2.75) is 27.2 Å². The molecule has 20 heavy (non-hydrogen) atoms. The van der Waals surface area contributed by atoms with Gasteiger partial charge in [-0.3, -0.25) is 4.99 Å². The molecular weight excluding hydrogens is 248 g/mol. The number of hydrogen-bond acceptors (Lipinski definition) is 2. The van der Waals surface area contributed by atoms with Gasteiger partial charge in [-0.25, -0.2) is 0 Å². The first-order chi connectivity index (χ1) is 9.72. The molecule has 0 unspecified atom stereocenters. The molecule has 2 N–H and O–H groups in total. The van der Waals surface area contributed by atoms with Crippen LogP contribution in [0.1, 0.15) is 25.8 Å². The zero-order valence-corrected chi connectivity index (χ0v) is 13.2. The van der Waals surface area contributed by atoms with Crippen LogP contribution in [0.3, 0.4) is 0 Å². The number of likely N-dealkylation sites (N-methyl/N-ethyl adjacent to an activating group) is 1. The van der Waals surface area contributed by atoms with Gasteiger partial charge in [-0.1, -0.05) is 25.1 Å². The molecule has 0 amide bonds. The van der Waals surface area contributed by atoms with E-state index in [0.717, 1.165) is 38.6 Å². The number of nitrogens with zero attached hydrogens (tertiary/aromatic N) is 2. The summed E-state index contributed by atoms with van der Waals surface area (Å²) in [6, 6.07) is 8.53. The van der Waals surface area contributed by atoms with Crippen LogP contribution in [0.15, 0.2) is 29.3 Å². The first-order valence-corrected chi connectivity index (χ1v) is 7.48. The monoisotopic (exact) mass is 276 g/mol. The molecule has 1 rings (SSSR count). The van der Waals surface area contributed by atoms with Crippen LogP contribution in [0.2, 0.25) is 0 Å². The molecule has 0 heterocycles. The summed E-state index contributed by atoms with van der Waals surface area (Å²) >= 11 is 0. The van der Waals surface area contributed by atoms with Crippen LogP contribution < -0.4 is 15.5 Å². The number of guanidine groups is 1. The van der Waals surface area contributed by atoms with Gasteiger partial charge < -0.3 is 15.5 Å². The maximum atomic E-state index is 4.21. The van der Waals surface area contributed by atoms with Crippen LogP contribution in [0.25, 0.3) is 0 Å². The Morgan fingerprint density at radius 1 is 1.15 bits per heavy atom. The number of nitrogens with one attached hydrogen (secondary N) is 2. The van der Waals surface area contributed by atoms with E-state index in [1.807, 2.05) is 7.05 Å². The van der Waals surface area contributed by atoms with Crippen molar-refractivity contribution in [1.29, 1.82) is 0 Å². The summed E-state index contributed by atoms with van der Waals surface area (Å²) in [5.74, 6) is 0.882. The Kier molecular flexibility index (Phi) is 7.55. The Hall–Kier alpha value is -1.71. The lowest BCUT2D eigenvalue weighted by Crippen LogP contribution is -2.42. The second kappa shape index (κ2) is 9.23. The second-order valence-electron chi connectivity index (χ2n) is 4.79. The summed E-state index contributed by atoms with van der Waals surface area (Å²) in [5.41, 5.74) is 2.64. The molecule has 1 aromatic rings. The average molecular weight is 276 g/mol. The van der Waals surface area contributed by atoms with Gasteiger partial charge in [0.2, 0.25) is 0 Å². The molecule has 0 atom stereocenters. The molecule has 0 saturated carbocycles. The molecule has 1 aromatic carbocycles. The number of para-hydroxylation sites is 1. The summed E-state index contributed by atoms with van der Waals surface area (Å²) in [7, 11) is 1.81. The first kappa shape index (κ1) is 16.3. The van der Waals surface area contributed by atoms with E-state index in [-0.39, 0.29) is 0 Å². The molecule has 112 valence electrons. The summed E-state index contributed by atoms with van der Waals surface area (Å²) in [5, 5.41) is 6.64. The van der Waals surface area contributed by atoms with Crippen molar-refractivity contribution in [3.05, 3.63) is 29.8 Å². The lowest BCUT2D eigenvalue weighted by Gasteiger charge is -2.25. The molecule has 0 fully saturated rings. The molecule has 0 radical (unpaired) electrons. The predicted molar refractivity (Wildman–Crippen MR) is 88.7 cm³/mol. The fraction of sp³-hybridized carbons (Fsp3) is 0.562. The van der Waals surface area contributed by atoms with Crippen molar-refractivity contribution < 1.29 is 0 Å². The van der Waals surface area contributed by atoms with Gasteiger partial charge in [0.05, 0.1) is 0 Å². The van der Waals surface area contributed by atoms with Crippen LogP contribution >= 0.6 is 0 Å². The largest absolute Gasteiger partial charge is 0.370 e. The van der Waals surface area contributed by atoms with E-state index in [1.165, 1.54) is 11.3 Å². The standard InChI is InChI=1S/C16H28N4/c1-5-11-18-16(17-4)19-12-13-20(6-2)15-10-8-7-9-14(15)3/h7-10H,5-6,11-13H2,1-4H3,(H2,17,18,19). The Morgan fingerprint density at radius 2 is 1.85 bits per heavy atom. The van der Waals surface area contributed by atoms with E-state index in [9.17, 15) is 0 Å². The molecule has 0 aliphatic heterocycles. The summed E-state index contributed by atoms with van der Waals surface area (Å²) in [6.07, 6.45) is 1.10. The quantitative estimate of drug-likeness (QED) is 0.593. The molecular formula is C16H28N4. The van der Waals surface area contributed by atoms with E-state index in [2.05, 4.69) is 65.6 Å². The van der Waals surface area contributed by atoms with Gasteiger partial charge in [0, 0.05) is 38.9 Å². The molecule has 0 bridgehead atoms. The van der Waals surface area contributed by atoms with Gasteiger partial charge in [0.1, 0.15) is 0 Å². The van der Waals surface area contributed by atoms with Crippen molar-refractivity contribution in [2.24, 2.45) is 4.99 Å². The van der Waals surface area contributed by atoms with Gasteiger partial charge in [-0.2, -0.15) is 0 Å². The normalized spacial score (nSPS) is 11.3. The fourth-order valence-corrected chi connectivity index (χ4v) is 2.14. The lowest BCUT2D eigenvalue weighted by molar-refractivity contribution is 0.741. The van der Waals surface area contributed by atoms with E-state index in [0.29, 0.717) is 0 Å². The molecule has 0 aliphatic carbocycles. The van der Waals surface area contributed by atoms with Crippen molar-refractivity contribution in [3.8, 4) is 0 Å². The molecule has 4 heteroatoms. The molecule has 4 nitrogen and oxygen atoms in total. The van der Waals surface area contributed by atoms with E-state index in [1.54, 1.807) is 0 Å². The van der Waals surface area contributed by atoms with Gasteiger partial charge in [0.15, 0.2) is 5.96 Å². The van der Waals surface area contributed by atoms with E-state index in [4.69, 9.17) is 0 Å². The SMILES string of the molecule is CCCNC(=NC)NCCN(CC)c1ccccc1C. The van der Waals surface area contributed by atoms with Gasteiger partial charge in [0.25, 0.3) is 0 Å². The number of anilines is 1. The minimum Gasteiger partial charge on any atom is -0.370 e. The third-order valence-corrected chi connectivity index (χ3v) is 3.28. The number of aryl methyl sites for hydroxylation is 1. The first-order valence-electron chi connectivity index (χ1n) is 7.48. The number of aliphatic imine (C=N–C) groups is 1. The molecule has 0 saturated heterocycles. The van der Waals surface area contributed by atoms with Gasteiger partial charge in [-0.05, 0) is 31.9 Å². The Labute approximate surface area is 123 Å². The maximum Gasteiger partial charge on any atom is 0.191 e. The van der Waals surface area contributed by atoms with E-state index < -0.39 is 0 Å². The number of benzene rings is 1. The van der Waals surface area contributed by atoms with Crippen LogP contribution in [-0.2, 0) is 0 Å². The second-order valence-corrected chi connectivity index (χ2v) is 4.79. The predicted octanol–water partition coefficient (Wildman–Crippen LogP) is 2.40. The average Bonchev–Trinajstić information content (AvgIpc) is 2.48. The Balaban J connectivity index is 2.48. The topological polar surface area (TPSA) is 39.7 Å². The lowest BCUT2D eigenvalue weighted by atomic mass is 10.2. The minimum absolute atomic E-state index is 0.881. The van der Waals surface area contributed by atoms with Crippen LogP contribution in [0.4, 0.5) is 5.69 Å². The van der Waals surface area contributed by atoms with Crippen molar-refractivity contribution in [1.82, 2.24) is 10.6 Å². The van der Waals surface area contributed by atoms with Crippen LogP contribution in [0.5, 0.6) is 0 Å². The van der Waals surface area contributed by atoms with Crippen molar-refractivity contribution >= 4 is 11.6 Å². The van der Waals surface area contributed by atoms with Gasteiger partial charge >= 0.3 is 0 Å². The minimum atomic E-state index is 0.881. The highest BCUT2D eigenvalue weighted by Crippen LogP contribution is 2.18. The summed E-state index contributed by atoms with van der Waals surface area (Å²) in [6.45, 7) is 10.3. The highest BCUT2D eigenvalue weighted by molar-refractivity contribution is 5.79. The van der Waals surface area contributed by atoms with Crippen molar-refractivity contribution in [2.75, 3.05) is 38.1 Å². The third kappa shape index (κ3) is 5.11. The fourth-order valence-electron chi connectivity index (χ4n) is 2.14.